The third kappa shape index (κ3) is 2.01. The normalized spacial score (nSPS) is 10.6. The van der Waals surface area contributed by atoms with E-state index < -0.39 is 0 Å². The van der Waals surface area contributed by atoms with Gasteiger partial charge in [0.25, 0.3) is 0 Å². The van der Waals surface area contributed by atoms with Crippen LogP contribution in [0.3, 0.4) is 0 Å². The van der Waals surface area contributed by atoms with Gasteiger partial charge in [0.15, 0.2) is 10.7 Å². The molecule has 0 aliphatic rings. The van der Waals surface area contributed by atoms with Crippen LogP contribution >= 0.6 is 23.1 Å². The summed E-state index contributed by atoms with van der Waals surface area (Å²) >= 11 is 3.15. The van der Waals surface area contributed by atoms with Gasteiger partial charge < -0.3 is 0 Å². The lowest BCUT2D eigenvalue weighted by Gasteiger charge is -1.98. The van der Waals surface area contributed by atoms with E-state index in [0.717, 1.165) is 15.7 Å². The summed E-state index contributed by atoms with van der Waals surface area (Å²) in [5.41, 5.74) is 1.87. The summed E-state index contributed by atoms with van der Waals surface area (Å²) in [6, 6.07) is 12.4. The van der Waals surface area contributed by atoms with Crippen molar-refractivity contribution in [2.75, 3.05) is 0 Å². The number of benzene rings is 1. The molecule has 5 heteroatoms. The first-order valence-electron chi connectivity index (χ1n) is 5.41. The molecule has 0 aliphatic heterocycles. The fourth-order valence-electron chi connectivity index (χ4n) is 1.69. The summed E-state index contributed by atoms with van der Waals surface area (Å²) in [6.45, 7) is 0. The van der Waals surface area contributed by atoms with Crippen LogP contribution in [0.4, 0.5) is 0 Å². The average Bonchev–Trinajstić information content (AvgIpc) is 2.97. The summed E-state index contributed by atoms with van der Waals surface area (Å²) < 4.78 is 1.85. The van der Waals surface area contributed by atoms with Gasteiger partial charge in [-0.05, 0) is 5.56 Å². The van der Waals surface area contributed by atoms with Crippen LogP contribution in [0.1, 0.15) is 11.3 Å². The van der Waals surface area contributed by atoms with Gasteiger partial charge in [0.2, 0.25) is 0 Å². The smallest absolute Gasteiger partial charge is 0.195 e. The molecule has 0 radical (unpaired) electrons. The van der Waals surface area contributed by atoms with E-state index in [1.807, 2.05) is 34.2 Å². The molecule has 0 fully saturated rings. The van der Waals surface area contributed by atoms with E-state index in [-0.39, 0.29) is 0 Å². The Morgan fingerprint density at radius 3 is 2.94 bits per heavy atom. The third-order valence-electron chi connectivity index (χ3n) is 2.55. The van der Waals surface area contributed by atoms with Crippen LogP contribution in [0.25, 0.3) is 4.96 Å². The van der Waals surface area contributed by atoms with Crippen LogP contribution in [0.15, 0.2) is 46.9 Å². The fourth-order valence-corrected chi connectivity index (χ4v) is 3.39. The van der Waals surface area contributed by atoms with Gasteiger partial charge in [-0.25, -0.2) is 4.98 Å². The van der Waals surface area contributed by atoms with Crippen molar-refractivity contribution in [2.24, 2.45) is 0 Å². The number of hydrogen-bond donors (Lipinski definition) is 0. The van der Waals surface area contributed by atoms with Gasteiger partial charge in [0.05, 0.1) is 0 Å². The van der Waals surface area contributed by atoms with E-state index in [2.05, 4.69) is 23.2 Å². The quantitative estimate of drug-likeness (QED) is 0.684. The van der Waals surface area contributed by atoms with Crippen molar-refractivity contribution in [2.45, 2.75) is 10.8 Å². The van der Waals surface area contributed by atoms with Crippen LogP contribution in [-0.4, -0.2) is 9.38 Å². The van der Waals surface area contributed by atoms with E-state index >= 15 is 0 Å². The summed E-state index contributed by atoms with van der Waals surface area (Å²) in [7, 11) is 0. The second-order valence-electron chi connectivity index (χ2n) is 3.71. The molecule has 1 aromatic carbocycles. The zero-order valence-electron chi connectivity index (χ0n) is 9.41. The number of rotatable bonds is 3. The van der Waals surface area contributed by atoms with E-state index in [0.29, 0.717) is 5.69 Å². The molecule has 0 unspecified atom stereocenters. The van der Waals surface area contributed by atoms with Crippen molar-refractivity contribution in [1.29, 1.82) is 5.26 Å². The Balaban J connectivity index is 1.87. The number of fused-ring (bicyclic) bond motifs is 1. The van der Waals surface area contributed by atoms with E-state index in [9.17, 15) is 5.26 Å². The van der Waals surface area contributed by atoms with Crippen molar-refractivity contribution < 1.29 is 0 Å². The molecular formula is C13H9N3S2. The molecule has 0 aliphatic carbocycles. The van der Waals surface area contributed by atoms with Crippen molar-refractivity contribution in [1.82, 2.24) is 9.38 Å². The first-order chi connectivity index (χ1) is 8.88. The van der Waals surface area contributed by atoms with Gasteiger partial charge in [-0.3, -0.25) is 4.40 Å². The highest BCUT2D eigenvalue weighted by molar-refractivity contribution is 7.98. The van der Waals surface area contributed by atoms with Gasteiger partial charge in [0.1, 0.15) is 11.1 Å². The molecule has 2 heterocycles. The van der Waals surface area contributed by atoms with Gasteiger partial charge in [-0.15, -0.1) is 11.3 Å². The molecule has 2 aromatic heterocycles. The Morgan fingerprint density at radius 2 is 2.17 bits per heavy atom. The zero-order chi connectivity index (χ0) is 12.4. The molecule has 3 aromatic rings. The van der Waals surface area contributed by atoms with Crippen LogP contribution in [0.2, 0.25) is 0 Å². The maximum absolute atomic E-state index is 9.20. The van der Waals surface area contributed by atoms with E-state index in [1.165, 1.54) is 5.56 Å². The molecule has 0 saturated heterocycles. The standard InChI is InChI=1S/C13H9N3S2/c14-8-11-12(15-13-16(11)6-7-17-13)18-9-10-4-2-1-3-5-10/h1-7H,9H2. The second-order valence-corrected chi connectivity index (χ2v) is 5.54. The Morgan fingerprint density at radius 1 is 1.33 bits per heavy atom. The molecule has 3 rings (SSSR count). The average molecular weight is 271 g/mol. The number of hydrogen-bond acceptors (Lipinski definition) is 4. The van der Waals surface area contributed by atoms with Gasteiger partial charge in [-0.1, -0.05) is 42.1 Å². The molecule has 18 heavy (non-hydrogen) atoms. The van der Waals surface area contributed by atoms with Crippen molar-refractivity contribution >= 4 is 28.1 Å². The zero-order valence-corrected chi connectivity index (χ0v) is 11.0. The lowest BCUT2D eigenvalue weighted by Crippen LogP contribution is -1.85. The lowest BCUT2D eigenvalue weighted by molar-refractivity contribution is 1.14. The van der Waals surface area contributed by atoms with E-state index in [1.54, 1.807) is 23.1 Å². The van der Waals surface area contributed by atoms with Gasteiger partial charge in [-0.2, -0.15) is 5.26 Å². The third-order valence-corrected chi connectivity index (χ3v) is 4.35. The molecule has 0 N–H and O–H groups in total. The molecular weight excluding hydrogens is 262 g/mol. The van der Waals surface area contributed by atoms with Gasteiger partial charge in [0, 0.05) is 17.3 Å². The minimum absolute atomic E-state index is 0.632. The summed E-state index contributed by atoms with van der Waals surface area (Å²) in [4.78, 5) is 5.36. The number of aromatic nitrogens is 2. The van der Waals surface area contributed by atoms with Crippen LogP contribution < -0.4 is 0 Å². The second kappa shape index (κ2) is 4.84. The van der Waals surface area contributed by atoms with Crippen LogP contribution in [-0.2, 0) is 5.75 Å². The SMILES string of the molecule is N#Cc1c(SCc2ccccc2)nc2sccn12. The number of imidazole rings is 1. The number of thiazole rings is 1. The molecule has 0 saturated carbocycles. The Bertz CT molecular complexity index is 707. The van der Waals surface area contributed by atoms with E-state index in [4.69, 9.17) is 0 Å². The van der Waals surface area contributed by atoms with Crippen LogP contribution in [0, 0.1) is 11.3 Å². The maximum Gasteiger partial charge on any atom is 0.195 e. The highest BCUT2D eigenvalue weighted by Crippen LogP contribution is 2.27. The topological polar surface area (TPSA) is 41.1 Å². The highest BCUT2D eigenvalue weighted by atomic mass is 32.2. The number of nitriles is 1. The fraction of sp³-hybridized carbons (Fsp3) is 0.0769. The molecule has 3 nitrogen and oxygen atoms in total. The molecule has 88 valence electrons. The predicted molar refractivity (Wildman–Crippen MR) is 73.8 cm³/mol. The number of nitrogens with zero attached hydrogens (tertiary/aromatic N) is 3. The van der Waals surface area contributed by atoms with Gasteiger partial charge >= 0.3 is 0 Å². The molecule has 0 amide bonds. The number of thioether (sulfide) groups is 1. The first kappa shape index (κ1) is 11.3. The van der Waals surface area contributed by atoms with Crippen molar-refractivity contribution in [3.63, 3.8) is 0 Å². The summed E-state index contributed by atoms with van der Waals surface area (Å²) in [5, 5.41) is 12.0. The molecule has 0 bridgehead atoms. The molecule has 0 spiro atoms. The maximum atomic E-state index is 9.20. The first-order valence-corrected chi connectivity index (χ1v) is 7.27. The minimum atomic E-state index is 0.632. The Labute approximate surface area is 113 Å². The van der Waals surface area contributed by atoms with Crippen molar-refractivity contribution in [3.8, 4) is 6.07 Å². The Kier molecular flexibility index (Phi) is 3.05. The van der Waals surface area contributed by atoms with Crippen LogP contribution in [0.5, 0.6) is 0 Å². The summed E-state index contributed by atoms with van der Waals surface area (Å²) in [5.74, 6) is 0.834. The largest absolute Gasteiger partial charge is 0.281 e. The van der Waals surface area contributed by atoms with Crippen molar-refractivity contribution in [3.05, 3.63) is 53.2 Å². The lowest BCUT2D eigenvalue weighted by atomic mass is 10.2. The predicted octanol–water partition coefficient (Wildman–Crippen LogP) is 3.56. The molecule has 0 atom stereocenters. The summed E-state index contributed by atoms with van der Waals surface area (Å²) in [6.07, 6.45) is 1.89. The highest BCUT2D eigenvalue weighted by Gasteiger charge is 2.12. The minimum Gasteiger partial charge on any atom is -0.281 e. The monoisotopic (exact) mass is 271 g/mol. The Hall–Kier alpha value is -1.77.